The summed E-state index contributed by atoms with van der Waals surface area (Å²) in [4.78, 5) is 6.13. The third-order valence-electron chi connectivity index (χ3n) is 3.26. The number of pyridine rings is 1. The maximum atomic E-state index is 10.4. The zero-order valence-corrected chi connectivity index (χ0v) is 11.4. The Hall–Kier alpha value is -0.680. The van der Waals surface area contributed by atoms with Gasteiger partial charge >= 0.3 is 0 Å². The van der Waals surface area contributed by atoms with Crippen LogP contribution in [0, 0.1) is 0 Å². The van der Waals surface area contributed by atoms with Crippen LogP contribution in [0.5, 0.6) is 0 Å². The number of aromatic nitrogens is 1. The monoisotopic (exact) mass is 270 g/mol. The van der Waals surface area contributed by atoms with Gasteiger partial charge in [0.05, 0.1) is 5.60 Å². The molecule has 100 valence electrons. The van der Waals surface area contributed by atoms with E-state index in [1.54, 1.807) is 6.20 Å². The van der Waals surface area contributed by atoms with E-state index in [0.717, 1.165) is 5.56 Å². The fraction of sp³-hybridized carbons (Fsp3) is 0.615. The molecule has 0 aromatic carbocycles. The van der Waals surface area contributed by atoms with Gasteiger partial charge in [0.2, 0.25) is 0 Å². The average molecular weight is 271 g/mol. The van der Waals surface area contributed by atoms with Gasteiger partial charge in [-0.25, -0.2) is 4.98 Å². The summed E-state index contributed by atoms with van der Waals surface area (Å²) in [6, 6.07) is 3.83. The minimum Gasteiger partial charge on any atom is -0.388 e. The Morgan fingerprint density at radius 1 is 1.50 bits per heavy atom. The van der Waals surface area contributed by atoms with Crippen molar-refractivity contribution in [1.82, 2.24) is 9.88 Å². The van der Waals surface area contributed by atoms with Crippen molar-refractivity contribution in [2.75, 3.05) is 26.8 Å². The highest BCUT2D eigenvalue weighted by Crippen LogP contribution is 2.22. The summed E-state index contributed by atoms with van der Waals surface area (Å²) in [5.41, 5.74) is 0.346. The normalized spacial score (nSPS) is 19.1. The number of nitrogens with zero attached hydrogens (tertiary/aromatic N) is 2. The number of hydrogen-bond acceptors (Lipinski definition) is 4. The predicted molar refractivity (Wildman–Crippen MR) is 70.6 cm³/mol. The number of likely N-dealkylation sites (N-methyl/N-ethyl adjacent to an activating group) is 1. The molecule has 0 atom stereocenters. The number of rotatable bonds is 4. The lowest BCUT2D eigenvalue weighted by atomic mass is 9.94. The Kier molecular flexibility index (Phi) is 4.56. The van der Waals surface area contributed by atoms with Gasteiger partial charge in [-0.3, -0.25) is 4.90 Å². The maximum absolute atomic E-state index is 10.4. The Morgan fingerprint density at radius 2 is 2.22 bits per heavy atom. The first-order chi connectivity index (χ1) is 8.59. The van der Waals surface area contributed by atoms with Gasteiger partial charge in [0.1, 0.15) is 5.15 Å². The summed E-state index contributed by atoms with van der Waals surface area (Å²) in [5, 5.41) is 10.9. The van der Waals surface area contributed by atoms with Crippen LogP contribution >= 0.6 is 11.6 Å². The Bertz CT molecular complexity index is 394. The largest absolute Gasteiger partial charge is 0.388 e. The van der Waals surface area contributed by atoms with Crippen molar-refractivity contribution < 1.29 is 9.84 Å². The molecule has 2 heterocycles. The lowest BCUT2D eigenvalue weighted by Crippen LogP contribution is -2.45. The summed E-state index contributed by atoms with van der Waals surface area (Å²) >= 11 is 6.03. The second kappa shape index (κ2) is 5.97. The summed E-state index contributed by atoms with van der Waals surface area (Å²) in [6.07, 6.45) is 3.06. The van der Waals surface area contributed by atoms with Gasteiger partial charge in [0.15, 0.2) is 0 Å². The Morgan fingerprint density at radius 3 is 2.89 bits per heavy atom. The van der Waals surface area contributed by atoms with Crippen molar-refractivity contribution in [3.63, 3.8) is 0 Å². The van der Waals surface area contributed by atoms with Crippen LogP contribution in [-0.4, -0.2) is 47.4 Å². The number of aliphatic hydroxyl groups is 1. The Balaban J connectivity index is 1.92. The van der Waals surface area contributed by atoms with Crippen molar-refractivity contribution in [2.45, 2.75) is 25.0 Å². The topological polar surface area (TPSA) is 45.6 Å². The molecule has 1 saturated heterocycles. The van der Waals surface area contributed by atoms with E-state index in [9.17, 15) is 5.11 Å². The van der Waals surface area contributed by atoms with Crippen LogP contribution in [0.2, 0.25) is 5.15 Å². The van der Waals surface area contributed by atoms with Crippen molar-refractivity contribution in [1.29, 1.82) is 0 Å². The predicted octanol–water partition coefficient (Wildman–Crippen LogP) is 1.71. The first-order valence-corrected chi connectivity index (χ1v) is 6.55. The zero-order chi connectivity index (χ0) is 13.0. The first kappa shape index (κ1) is 13.7. The molecule has 5 heteroatoms. The van der Waals surface area contributed by atoms with E-state index in [1.165, 1.54) is 0 Å². The van der Waals surface area contributed by atoms with Gasteiger partial charge in [0.25, 0.3) is 0 Å². The van der Waals surface area contributed by atoms with E-state index < -0.39 is 5.60 Å². The summed E-state index contributed by atoms with van der Waals surface area (Å²) in [5.74, 6) is 0. The molecule has 1 N–H and O–H groups in total. The molecule has 0 amide bonds. The average Bonchev–Trinajstić information content (AvgIpc) is 2.32. The van der Waals surface area contributed by atoms with E-state index in [0.29, 0.717) is 44.3 Å². The second-order valence-electron chi connectivity index (χ2n) is 4.96. The molecular formula is C13H19ClN2O2. The van der Waals surface area contributed by atoms with Crippen LogP contribution < -0.4 is 0 Å². The van der Waals surface area contributed by atoms with Gasteiger partial charge < -0.3 is 9.84 Å². The molecule has 18 heavy (non-hydrogen) atoms. The molecule has 1 aliphatic rings. The van der Waals surface area contributed by atoms with Crippen LogP contribution in [-0.2, 0) is 11.3 Å². The molecule has 0 spiro atoms. The van der Waals surface area contributed by atoms with Gasteiger partial charge in [0, 0.05) is 50.9 Å². The molecule has 0 bridgehead atoms. The number of halogens is 1. The SMILES string of the molecule is CN(Cc1cccnc1Cl)CC1(O)CCOCC1. The van der Waals surface area contributed by atoms with Crippen molar-refractivity contribution >= 4 is 11.6 Å². The van der Waals surface area contributed by atoms with Gasteiger partial charge in [-0.15, -0.1) is 0 Å². The molecule has 1 aliphatic heterocycles. The van der Waals surface area contributed by atoms with Crippen molar-refractivity contribution in [3.05, 3.63) is 29.0 Å². The van der Waals surface area contributed by atoms with Crippen LogP contribution in [0.15, 0.2) is 18.3 Å². The third-order valence-corrected chi connectivity index (χ3v) is 3.60. The molecule has 1 fully saturated rings. The van der Waals surface area contributed by atoms with Gasteiger partial charge in [-0.05, 0) is 13.1 Å². The van der Waals surface area contributed by atoms with Crippen LogP contribution in [0.4, 0.5) is 0 Å². The minimum atomic E-state index is -0.637. The molecular weight excluding hydrogens is 252 g/mol. The molecule has 0 saturated carbocycles. The smallest absolute Gasteiger partial charge is 0.133 e. The summed E-state index contributed by atoms with van der Waals surface area (Å²) in [6.45, 7) is 2.59. The highest BCUT2D eigenvalue weighted by atomic mass is 35.5. The second-order valence-corrected chi connectivity index (χ2v) is 5.32. The highest BCUT2D eigenvalue weighted by Gasteiger charge is 2.31. The van der Waals surface area contributed by atoms with Gasteiger partial charge in [-0.2, -0.15) is 0 Å². The van der Waals surface area contributed by atoms with E-state index >= 15 is 0 Å². The fourth-order valence-corrected chi connectivity index (χ4v) is 2.47. The van der Waals surface area contributed by atoms with Crippen LogP contribution in [0.3, 0.4) is 0 Å². The molecule has 0 unspecified atom stereocenters. The van der Waals surface area contributed by atoms with E-state index in [2.05, 4.69) is 9.88 Å². The first-order valence-electron chi connectivity index (χ1n) is 6.17. The van der Waals surface area contributed by atoms with Crippen LogP contribution in [0.1, 0.15) is 18.4 Å². The molecule has 4 nitrogen and oxygen atoms in total. The van der Waals surface area contributed by atoms with E-state index in [1.807, 2.05) is 19.2 Å². The quantitative estimate of drug-likeness (QED) is 0.846. The van der Waals surface area contributed by atoms with Gasteiger partial charge in [-0.1, -0.05) is 17.7 Å². The standard InChI is InChI=1S/C13H19ClN2O2/c1-16(9-11-3-2-6-15-12(11)14)10-13(17)4-7-18-8-5-13/h2-3,6,17H,4-5,7-10H2,1H3. The molecule has 1 aromatic rings. The maximum Gasteiger partial charge on any atom is 0.133 e. The zero-order valence-electron chi connectivity index (χ0n) is 10.6. The van der Waals surface area contributed by atoms with Crippen LogP contribution in [0.25, 0.3) is 0 Å². The van der Waals surface area contributed by atoms with E-state index in [4.69, 9.17) is 16.3 Å². The highest BCUT2D eigenvalue weighted by molar-refractivity contribution is 6.30. The number of hydrogen-bond donors (Lipinski definition) is 1. The molecule has 0 aliphatic carbocycles. The summed E-state index contributed by atoms with van der Waals surface area (Å²) in [7, 11) is 1.98. The fourth-order valence-electron chi connectivity index (χ4n) is 2.30. The lowest BCUT2D eigenvalue weighted by molar-refractivity contribution is -0.0777. The molecule has 1 aromatic heterocycles. The number of ether oxygens (including phenoxy) is 1. The van der Waals surface area contributed by atoms with Crippen molar-refractivity contribution in [3.8, 4) is 0 Å². The summed E-state index contributed by atoms with van der Waals surface area (Å²) < 4.78 is 5.27. The Labute approximate surface area is 113 Å². The molecule has 2 rings (SSSR count). The molecule has 0 radical (unpaired) electrons. The van der Waals surface area contributed by atoms with Crippen molar-refractivity contribution in [2.24, 2.45) is 0 Å². The minimum absolute atomic E-state index is 0.531. The lowest BCUT2D eigenvalue weighted by Gasteiger charge is -2.35. The third kappa shape index (κ3) is 3.65. The van der Waals surface area contributed by atoms with E-state index in [-0.39, 0.29) is 0 Å².